The first-order valence-electron chi connectivity index (χ1n) is 9.90. The lowest BCUT2D eigenvalue weighted by Gasteiger charge is -1.90. The predicted octanol–water partition coefficient (Wildman–Crippen LogP) is 7.33. The number of hydrogen-bond donors (Lipinski definition) is 1. The van der Waals surface area contributed by atoms with Crippen molar-refractivity contribution in [1.29, 1.82) is 0 Å². The fraction of sp³-hybridized carbons (Fsp3) is 0.458. The van der Waals surface area contributed by atoms with Gasteiger partial charge in [-0.15, -0.1) is 0 Å². The van der Waals surface area contributed by atoms with E-state index in [-0.39, 0.29) is 6.42 Å². The summed E-state index contributed by atoms with van der Waals surface area (Å²) in [6, 6.07) is 0. The van der Waals surface area contributed by atoms with E-state index in [1.165, 1.54) is 0 Å². The van der Waals surface area contributed by atoms with Gasteiger partial charge in [-0.05, 0) is 57.8 Å². The molecule has 0 saturated heterocycles. The average molecular weight is 357 g/mol. The van der Waals surface area contributed by atoms with Gasteiger partial charge in [0, 0.05) is 6.42 Å². The van der Waals surface area contributed by atoms with Gasteiger partial charge in [0.15, 0.2) is 0 Å². The Balaban J connectivity index is 3.44. The molecule has 0 fully saturated rings. The van der Waals surface area contributed by atoms with Crippen molar-refractivity contribution in [2.75, 3.05) is 0 Å². The zero-order valence-electron chi connectivity index (χ0n) is 16.4. The summed E-state index contributed by atoms with van der Waals surface area (Å²) in [6.45, 7) is 2.14. The molecule has 26 heavy (non-hydrogen) atoms. The topological polar surface area (TPSA) is 37.3 Å². The predicted molar refractivity (Wildman–Crippen MR) is 114 cm³/mol. The molecule has 0 radical (unpaired) electrons. The Morgan fingerprint density at radius 2 is 1.04 bits per heavy atom. The van der Waals surface area contributed by atoms with Crippen LogP contribution in [0.2, 0.25) is 0 Å². The fourth-order valence-corrected chi connectivity index (χ4v) is 2.15. The molecular formula is C24H36O2. The zero-order chi connectivity index (χ0) is 19.1. The molecule has 0 saturated carbocycles. The number of carboxylic acids is 1. The second-order valence-corrected chi connectivity index (χ2v) is 6.05. The molecule has 0 unspecified atom stereocenters. The van der Waals surface area contributed by atoms with E-state index in [1.807, 2.05) is 6.08 Å². The molecule has 0 bridgehead atoms. The summed E-state index contributed by atoms with van der Waals surface area (Å²) in [5.41, 5.74) is 0. The van der Waals surface area contributed by atoms with Gasteiger partial charge in [0.25, 0.3) is 0 Å². The smallest absolute Gasteiger partial charge is 0.303 e. The molecule has 2 nitrogen and oxygen atoms in total. The van der Waals surface area contributed by atoms with Gasteiger partial charge < -0.3 is 5.11 Å². The van der Waals surface area contributed by atoms with Gasteiger partial charge in [-0.25, -0.2) is 0 Å². The molecule has 0 spiro atoms. The Morgan fingerprint density at radius 1 is 0.615 bits per heavy atom. The van der Waals surface area contributed by atoms with Crippen molar-refractivity contribution in [2.45, 2.75) is 71.1 Å². The van der Waals surface area contributed by atoms with E-state index in [2.05, 4.69) is 73.8 Å². The Labute approximate surface area is 160 Å². The molecule has 2 heteroatoms. The van der Waals surface area contributed by atoms with Crippen LogP contribution in [0.25, 0.3) is 0 Å². The summed E-state index contributed by atoms with van der Waals surface area (Å²) in [6.07, 6.45) is 35.4. The lowest BCUT2D eigenvalue weighted by Crippen LogP contribution is -1.91. The van der Waals surface area contributed by atoms with Crippen molar-refractivity contribution in [3.63, 3.8) is 0 Å². The summed E-state index contributed by atoms with van der Waals surface area (Å²) < 4.78 is 0. The average Bonchev–Trinajstić information content (AvgIpc) is 2.62. The van der Waals surface area contributed by atoms with Crippen molar-refractivity contribution in [3.8, 4) is 0 Å². The number of carboxylic acid groups (broad SMARTS) is 1. The normalized spacial score (nSPS) is 13.0. The third-order valence-corrected chi connectivity index (χ3v) is 3.58. The molecule has 144 valence electrons. The van der Waals surface area contributed by atoms with Crippen LogP contribution < -0.4 is 0 Å². The molecular weight excluding hydrogens is 320 g/mol. The molecule has 0 aliphatic carbocycles. The highest BCUT2D eigenvalue weighted by atomic mass is 16.4. The molecule has 0 aromatic carbocycles. The highest BCUT2D eigenvalue weighted by Crippen LogP contribution is 2.01. The van der Waals surface area contributed by atoms with Crippen LogP contribution in [-0.4, -0.2) is 11.1 Å². The summed E-state index contributed by atoms with van der Waals surface area (Å²) in [5.74, 6) is -0.731. The van der Waals surface area contributed by atoms with Crippen LogP contribution in [0.4, 0.5) is 0 Å². The maximum Gasteiger partial charge on any atom is 0.303 e. The van der Waals surface area contributed by atoms with E-state index in [1.54, 1.807) is 0 Å². The van der Waals surface area contributed by atoms with Gasteiger partial charge in [-0.2, -0.15) is 0 Å². The van der Waals surface area contributed by atoms with E-state index >= 15 is 0 Å². The fourth-order valence-electron chi connectivity index (χ4n) is 2.15. The molecule has 0 aromatic rings. The second kappa shape index (κ2) is 21.0. The van der Waals surface area contributed by atoms with Crippen molar-refractivity contribution < 1.29 is 9.90 Å². The maximum absolute atomic E-state index is 10.3. The van der Waals surface area contributed by atoms with Crippen molar-refractivity contribution in [1.82, 2.24) is 0 Å². The summed E-state index contributed by atoms with van der Waals surface area (Å²) in [7, 11) is 0. The van der Waals surface area contributed by atoms with Crippen LogP contribution >= 0.6 is 0 Å². The van der Waals surface area contributed by atoms with E-state index in [9.17, 15) is 4.79 Å². The minimum atomic E-state index is -0.731. The lowest BCUT2D eigenvalue weighted by atomic mass is 10.2. The van der Waals surface area contributed by atoms with Crippen LogP contribution in [0, 0.1) is 0 Å². The standard InChI is InChI=1S/C24H36O2/c1-2-3-4-5-6-7-8-9-10-11-12-13-14-15-16-17-18-19-20-21-22-23-24(25)26/h3-6,9-10,12-13,16-17,20-21H,2,7-8,11,14-15,18-19,22-23H2,1H3,(H,25,26)/b4-3+,6-5+,10-9+,13-12+,17-16+,21-20+. The van der Waals surface area contributed by atoms with Crippen LogP contribution in [0.1, 0.15) is 71.1 Å². The number of unbranched alkanes of at least 4 members (excludes halogenated alkanes) is 3. The van der Waals surface area contributed by atoms with Crippen LogP contribution in [0.15, 0.2) is 72.9 Å². The Morgan fingerprint density at radius 3 is 1.54 bits per heavy atom. The quantitative estimate of drug-likeness (QED) is 0.178. The SMILES string of the molecule is CC/C=C/C=C/CC/C=C/C/C=C/CC/C=C/CC/C=C/CCC(=O)O. The first-order valence-corrected chi connectivity index (χ1v) is 9.90. The Bertz CT molecular complexity index is 490. The molecule has 0 amide bonds. The van der Waals surface area contributed by atoms with E-state index in [0.717, 1.165) is 51.4 Å². The third kappa shape index (κ3) is 21.9. The molecule has 1 N–H and O–H groups in total. The number of aliphatic carboxylic acids is 1. The van der Waals surface area contributed by atoms with Gasteiger partial charge in [0.05, 0.1) is 0 Å². The van der Waals surface area contributed by atoms with Crippen molar-refractivity contribution in [2.24, 2.45) is 0 Å². The number of allylic oxidation sites excluding steroid dienone is 12. The van der Waals surface area contributed by atoms with Gasteiger partial charge >= 0.3 is 5.97 Å². The molecule has 0 aliphatic rings. The molecule has 0 rings (SSSR count). The highest BCUT2D eigenvalue weighted by molar-refractivity contribution is 5.66. The summed E-state index contributed by atoms with van der Waals surface area (Å²) in [4.78, 5) is 10.3. The van der Waals surface area contributed by atoms with Gasteiger partial charge in [-0.3, -0.25) is 4.79 Å². The zero-order valence-corrected chi connectivity index (χ0v) is 16.4. The molecule has 0 aromatic heterocycles. The van der Waals surface area contributed by atoms with Gasteiger partial charge in [0.1, 0.15) is 0 Å². The van der Waals surface area contributed by atoms with Crippen LogP contribution in [0.5, 0.6) is 0 Å². The first kappa shape index (κ1) is 23.9. The number of hydrogen-bond acceptors (Lipinski definition) is 1. The number of rotatable bonds is 16. The van der Waals surface area contributed by atoms with Gasteiger partial charge in [-0.1, -0.05) is 79.8 Å². The van der Waals surface area contributed by atoms with Crippen LogP contribution in [-0.2, 0) is 4.79 Å². The highest BCUT2D eigenvalue weighted by Gasteiger charge is 1.90. The number of carbonyl (C=O) groups is 1. The van der Waals surface area contributed by atoms with Crippen molar-refractivity contribution in [3.05, 3.63) is 72.9 Å². The minimum Gasteiger partial charge on any atom is -0.481 e. The molecule has 0 heterocycles. The summed E-state index contributed by atoms with van der Waals surface area (Å²) in [5, 5.41) is 8.51. The van der Waals surface area contributed by atoms with E-state index in [0.29, 0.717) is 6.42 Å². The molecule has 0 aliphatic heterocycles. The van der Waals surface area contributed by atoms with Gasteiger partial charge in [0.2, 0.25) is 0 Å². The minimum absolute atomic E-state index is 0.224. The third-order valence-electron chi connectivity index (χ3n) is 3.58. The summed E-state index contributed by atoms with van der Waals surface area (Å²) >= 11 is 0. The largest absolute Gasteiger partial charge is 0.481 e. The second-order valence-electron chi connectivity index (χ2n) is 6.05. The first-order chi connectivity index (χ1) is 12.8. The van der Waals surface area contributed by atoms with E-state index in [4.69, 9.17) is 5.11 Å². The van der Waals surface area contributed by atoms with Crippen LogP contribution in [0.3, 0.4) is 0 Å². The Kier molecular flexibility index (Phi) is 19.3. The molecule has 0 atom stereocenters. The maximum atomic E-state index is 10.3. The van der Waals surface area contributed by atoms with E-state index < -0.39 is 5.97 Å². The monoisotopic (exact) mass is 356 g/mol. The van der Waals surface area contributed by atoms with Crippen molar-refractivity contribution >= 4 is 5.97 Å². The Hall–Kier alpha value is -2.09. The lowest BCUT2D eigenvalue weighted by molar-refractivity contribution is -0.136.